The van der Waals surface area contributed by atoms with Crippen LogP contribution in [0.1, 0.15) is 41.2 Å². The Hall–Kier alpha value is -2.23. The fourth-order valence-electron chi connectivity index (χ4n) is 6.25. The quantitative estimate of drug-likeness (QED) is 0.385. The van der Waals surface area contributed by atoms with E-state index in [1.807, 2.05) is 24.3 Å². The molecule has 1 aromatic heterocycles. The Kier molecular flexibility index (Phi) is 6.00. The van der Waals surface area contributed by atoms with Gasteiger partial charge in [0.15, 0.2) is 0 Å². The van der Waals surface area contributed by atoms with Crippen molar-refractivity contribution in [2.24, 2.45) is 17.8 Å². The molecule has 6 rings (SSSR count). The zero-order valence-electron chi connectivity index (χ0n) is 18.9. The number of alkyl halides is 3. The van der Waals surface area contributed by atoms with E-state index in [0.717, 1.165) is 27.6 Å². The zero-order chi connectivity index (χ0) is 25.2. The highest BCUT2D eigenvalue weighted by atomic mass is 35.5. The number of rotatable bonds is 4. The van der Waals surface area contributed by atoms with Crippen molar-refractivity contribution >= 4 is 46.3 Å². The van der Waals surface area contributed by atoms with Crippen LogP contribution in [0, 0.1) is 17.8 Å². The lowest BCUT2D eigenvalue weighted by Gasteiger charge is -2.40. The molecule has 2 aromatic carbocycles. The Labute approximate surface area is 218 Å². The minimum Gasteiger partial charge on any atom is -0.325 e. The molecule has 4 nitrogen and oxygen atoms in total. The summed E-state index contributed by atoms with van der Waals surface area (Å²) in [6, 6.07) is 12.3. The maximum absolute atomic E-state index is 13.1. The number of nitrogens with zero attached hydrogens (tertiary/aromatic N) is 1. The van der Waals surface area contributed by atoms with E-state index in [9.17, 15) is 22.8 Å². The van der Waals surface area contributed by atoms with Crippen LogP contribution in [0.25, 0.3) is 0 Å². The van der Waals surface area contributed by atoms with Crippen molar-refractivity contribution in [2.45, 2.75) is 48.2 Å². The number of fused-ring (bicyclic) bond motifs is 6. The lowest BCUT2D eigenvalue weighted by atomic mass is 9.75. The molecule has 10 heteroatoms. The van der Waals surface area contributed by atoms with Gasteiger partial charge >= 0.3 is 11.0 Å². The summed E-state index contributed by atoms with van der Waals surface area (Å²) in [5.41, 5.74) is 0.339. The van der Waals surface area contributed by atoms with Crippen molar-refractivity contribution < 1.29 is 18.0 Å². The van der Waals surface area contributed by atoms with Gasteiger partial charge in [-0.15, -0.1) is 11.8 Å². The van der Waals surface area contributed by atoms with Crippen molar-refractivity contribution in [3.63, 3.8) is 0 Å². The van der Waals surface area contributed by atoms with Crippen LogP contribution in [0.5, 0.6) is 0 Å². The van der Waals surface area contributed by atoms with Gasteiger partial charge in [0.25, 0.3) is 0 Å². The second-order valence-corrected chi connectivity index (χ2v) is 12.4. The van der Waals surface area contributed by atoms with E-state index in [1.165, 1.54) is 47.3 Å². The van der Waals surface area contributed by atoms with Crippen molar-refractivity contribution in [3.8, 4) is 0 Å². The van der Waals surface area contributed by atoms with E-state index in [0.29, 0.717) is 28.0 Å². The number of carbonyl (C=O) groups excluding carboxylic acids is 1. The summed E-state index contributed by atoms with van der Waals surface area (Å²) in [6.07, 6.45) is -0.914. The van der Waals surface area contributed by atoms with Crippen molar-refractivity contribution in [3.05, 3.63) is 79.2 Å². The molecular formula is C26H22ClF3N2O2S2. The van der Waals surface area contributed by atoms with Gasteiger partial charge in [0.05, 0.1) is 10.6 Å². The number of thioether (sulfide) groups is 1. The van der Waals surface area contributed by atoms with E-state index in [4.69, 9.17) is 11.6 Å². The predicted molar refractivity (Wildman–Crippen MR) is 136 cm³/mol. The molecule has 2 fully saturated rings. The van der Waals surface area contributed by atoms with Crippen LogP contribution in [0.15, 0.2) is 58.4 Å². The third kappa shape index (κ3) is 4.19. The molecule has 188 valence electrons. The summed E-state index contributed by atoms with van der Waals surface area (Å²) in [5.74, 6) is 1.19. The van der Waals surface area contributed by atoms with E-state index >= 15 is 0 Å². The number of thiazole rings is 1. The SMILES string of the molecule is O=C(Cn1c2c(sc1=O)[C@@H](c1ccc(Cl)cc1)[C@@H]1[C@H]3CC[C@@H](C3)[C@H]1S2)Nc1cccc(C(F)(F)F)c1. The molecule has 0 spiro atoms. The largest absolute Gasteiger partial charge is 0.416 e. The number of anilines is 1. The first-order valence-electron chi connectivity index (χ1n) is 11.8. The van der Waals surface area contributed by atoms with E-state index < -0.39 is 17.6 Å². The van der Waals surface area contributed by atoms with Gasteiger partial charge < -0.3 is 5.32 Å². The topological polar surface area (TPSA) is 51.1 Å². The minimum atomic E-state index is -4.51. The van der Waals surface area contributed by atoms with Crippen LogP contribution in [0.4, 0.5) is 18.9 Å². The van der Waals surface area contributed by atoms with Gasteiger partial charge in [0.1, 0.15) is 6.54 Å². The third-order valence-electron chi connectivity index (χ3n) is 7.70. The Balaban J connectivity index is 1.32. The molecule has 1 aliphatic heterocycles. The first-order chi connectivity index (χ1) is 17.2. The van der Waals surface area contributed by atoms with Crippen molar-refractivity contribution in [1.82, 2.24) is 4.57 Å². The number of benzene rings is 2. The smallest absolute Gasteiger partial charge is 0.325 e. The van der Waals surface area contributed by atoms with Gasteiger partial charge in [0.2, 0.25) is 5.91 Å². The number of carbonyl (C=O) groups is 1. The molecule has 3 aliphatic rings. The molecule has 2 heterocycles. The molecule has 3 aromatic rings. The lowest BCUT2D eigenvalue weighted by molar-refractivity contribution is -0.137. The number of halogens is 4. The Bertz CT molecular complexity index is 1390. The second kappa shape index (κ2) is 8.96. The lowest BCUT2D eigenvalue weighted by Crippen LogP contribution is -2.34. The second-order valence-electron chi connectivity index (χ2n) is 9.77. The molecule has 0 saturated heterocycles. The highest BCUT2D eigenvalue weighted by Gasteiger charge is 2.55. The molecule has 5 atom stereocenters. The summed E-state index contributed by atoms with van der Waals surface area (Å²) in [7, 11) is 0. The van der Waals surface area contributed by atoms with Crippen LogP contribution in [-0.2, 0) is 17.5 Å². The maximum atomic E-state index is 13.1. The number of hydrogen-bond acceptors (Lipinski definition) is 4. The van der Waals surface area contributed by atoms with Crippen molar-refractivity contribution in [1.29, 1.82) is 0 Å². The van der Waals surface area contributed by atoms with Gasteiger partial charge in [-0.25, -0.2) is 0 Å². The molecule has 36 heavy (non-hydrogen) atoms. The van der Waals surface area contributed by atoms with Gasteiger partial charge in [-0.3, -0.25) is 14.2 Å². The van der Waals surface area contributed by atoms with Gasteiger partial charge in [-0.05, 0) is 72.9 Å². The number of aromatic nitrogens is 1. The Morgan fingerprint density at radius 2 is 1.86 bits per heavy atom. The summed E-state index contributed by atoms with van der Waals surface area (Å²) >= 11 is 9.04. The Morgan fingerprint density at radius 1 is 1.11 bits per heavy atom. The number of amides is 1. The van der Waals surface area contributed by atoms with Crippen LogP contribution < -0.4 is 10.2 Å². The molecule has 0 radical (unpaired) electrons. The molecule has 1 amide bonds. The zero-order valence-corrected chi connectivity index (χ0v) is 21.3. The van der Waals surface area contributed by atoms with E-state index in [2.05, 4.69) is 5.32 Å². The molecule has 1 N–H and O–H groups in total. The number of hydrogen-bond donors (Lipinski definition) is 1. The standard InChI is InChI=1S/C26H22ClF3N2O2S2/c27-17-8-6-13(7-9-17)20-21-14-4-5-15(10-14)22(21)35-24-23(20)36-25(34)32(24)12-19(33)31-18-3-1-2-16(11-18)26(28,29)30/h1-3,6-9,11,14-15,20-22H,4-5,10,12H2,(H,31,33)/t14-,15-,20-,21-,22+/m0/s1. The fraction of sp³-hybridized carbons (Fsp3) is 0.385. The maximum Gasteiger partial charge on any atom is 0.416 e. The van der Waals surface area contributed by atoms with E-state index in [-0.39, 0.29) is 23.0 Å². The highest BCUT2D eigenvalue weighted by Crippen LogP contribution is 2.64. The highest BCUT2D eigenvalue weighted by molar-refractivity contribution is 8.00. The average Bonchev–Trinajstić information content (AvgIpc) is 3.52. The molecule has 2 aliphatic carbocycles. The molecule has 2 saturated carbocycles. The molecule has 0 unspecified atom stereocenters. The van der Waals surface area contributed by atoms with Gasteiger partial charge in [-0.2, -0.15) is 13.2 Å². The summed E-state index contributed by atoms with van der Waals surface area (Å²) in [5, 5.41) is 4.39. The summed E-state index contributed by atoms with van der Waals surface area (Å²) < 4.78 is 40.7. The van der Waals surface area contributed by atoms with Crippen molar-refractivity contribution in [2.75, 3.05) is 5.32 Å². The third-order valence-corrected chi connectivity index (χ3v) is 10.8. The first-order valence-corrected chi connectivity index (χ1v) is 13.9. The predicted octanol–water partition coefficient (Wildman–Crippen LogP) is 6.87. The van der Waals surface area contributed by atoms with Gasteiger partial charge in [0, 0.05) is 26.8 Å². The summed E-state index contributed by atoms with van der Waals surface area (Å²) in [4.78, 5) is 26.7. The Morgan fingerprint density at radius 3 is 2.61 bits per heavy atom. The molecular weight excluding hydrogens is 529 g/mol. The first kappa shape index (κ1) is 24.1. The van der Waals surface area contributed by atoms with Crippen LogP contribution >= 0.6 is 34.7 Å². The minimum absolute atomic E-state index is 0.0480. The van der Waals surface area contributed by atoms with Crippen LogP contribution in [0.3, 0.4) is 0 Å². The average molecular weight is 551 g/mol. The monoisotopic (exact) mass is 550 g/mol. The normalized spacial score (nSPS) is 26.5. The summed E-state index contributed by atoms with van der Waals surface area (Å²) in [6.45, 7) is -0.243. The van der Waals surface area contributed by atoms with Gasteiger partial charge in [-0.1, -0.05) is 41.1 Å². The molecule has 2 bridgehead atoms. The number of nitrogens with one attached hydrogen (secondary N) is 1. The van der Waals surface area contributed by atoms with Crippen LogP contribution in [-0.4, -0.2) is 15.7 Å². The van der Waals surface area contributed by atoms with E-state index in [1.54, 1.807) is 11.8 Å². The fourth-order valence-corrected chi connectivity index (χ4v) is 9.52. The van der Waals surface area contributed by atoms with Crippen LogP contribution in [0.2, 0.25) is 5.02 Å².